The molecule has 1 atom stereocenters. The fourth-order valence-corrected chi connectivity index (χ4v) is 3.41. The molecule has 168 valence electrons. The highest BCUT2D eigenvalue weighted by molar-refractivity contribution is 5.70. The smallest absolute Gasteiger partial charge is 0.277 e. The maximum atomic E-state index is 12.2. The van der Waals surface area contributed by atoms with Gasteiger partial charge in [-0.25, -0.2) is 0 Å². The third-order valence-corrected chi connectivity index (χ3v) is 4.99. The number of fused-ring (bicyclic) bond motifs is 1. The van der Waals surface area contributed by atoms with Gasteiger partial charge in [0.2, 0.25) is 5.95 Å². The quantitative estimate of drug-likeness (QED) is 0.392. The van der Waals surface area contributed by atoms with Crippen LogP contribution in [0.25, 0.3) is 0 Å². The fraction of sp³-hybridized carbons (Fsp3) is 0.304. The Morgan fingerprint density at radius 1 is 0.969 bits per heavy atom. The van der Waals surface area contributed by atoms with Gasteiger partial charge in [0.15, 0.2) is 12.0 Å². The highest BCUT2D eigenvalue weighted by Crippen LogP contribution is 2.28. The third-order valence-electron chi connectivity index (χ3n) is 4.99. The summed E-state index contributed by atoms with van der Waals surface area (Å²) in [7, 11) is 0. The second kappa shape index (κ2) is 10.8. The van der Waals surface area contributed by atoms with E-state index in [-0.39, 0.29) is 18.1 Å². The van der Waals surface area contributed by atoms with Gasteiger partial charge in [-0.05, 0) is 11.1 Å². The molecule has 0 spiro atoms. The van der Waals surface area contributed by atoms with E-state index in [9.17, 15) is 4.79 Å². The summed E-state index contributed by atoms with van der Waals surface area (Å²) in [6.45, 7) is 2.38. The lowest BCUT2D eigenvalue weighted by molar-refractivity contribution is -0.0438. The molecule has 0 saturated heterocycles. The van der Waals surface area contributed by atoms with Crippen molar-refractivity contribution in [2.45, 2.75) is 19.4 Å². The van der Waals surface area contributed by atoms with E-state index >= 15 is 0 Å². The van der Waals surface area contributed by atoms with Crippen LogP contribution in [0.2, 0.25) is 0 Å². The molecule has 2 heterocycles. The van der Waals surface area contributed by atoms with Crippen LogP contribution in [0.1, 0.15) is 11.1 Å². The molecule has 3 aromatic rings. The summed E-state index contributed by atoms with van der Waals surface area (Å²) >= 11 is 0. The van der Waals surface area contributed by atoms with Crippen LogP contribution in [-0.2, 0) is 27.4 Å². The van der Waals surface area contributed by atoms with Gasteiger partial charge in [-0.3, -0.25) is 9.78 Å². The normalized spacial score (nSPS) is 13.6. The second-order valence-electron chi connectivity index (χ2n) is 7.32. The van der Waals surface area contributed by atoms with Gasteiger partial charge >= 0.3 is 0 Å². The number of hydrogen-bond acceptors (Lipinski definition) is 8. The molecule has 0 bridgehead atoms. The van der Waals surface area contributed by atoms with E-state index in [0.717, 1.165) is 11.1 Å². The molecule has 32 heavy (non-hydrogen) atoms. The monoisotopic (exact) mass is 437 g/mol. The van der Waals surface area contributed by atoms with Crippen molar-refractivity contribution in [3.8, 4) is 0 Å². The minimum absolute atomic E-state index is 0.0533. The van der Waals surface area contributed by atoms with Crippen molar-refractivity contribution in [2.75, 3.05) is 42.4 Å². The molecule has 9 nitrogen and oxygen atoms in total. The summed E-state index contributed by atoms with van der Waals surface area (Å²) < 4.78 is 17.7. The zero-order valence-electron chi connectivity index (χ0n) is 17.7. The van der Waals surface area contributed by atoms with Gasteiger partial charge in [-0.1, -0.05) is 60.7 Å². The van der Waals surface area contributed by atoms with Gasteiger partial charge in [-0.15, -0.1) is 0 Å². The van der Waals surface area contributed by atoms with Gasteiger partial charge < -0.3 is 30.2 Å². The highest BCUT2D eigenvalue weighted by Gasteiger charge is 2.30. The van der Waals surface area contributed by atoms with Crippen LogP contribution in [0.3, 0.4) is 0 Å². The number of nitrogens with zero attached hydrogens (tertiary/aromatic N) is 2. The lowest BCUT2D eigenvalue weighted by Gasteiger charge is -2.28. The maximum Gasteiger partial charge on any atom is 0.277 e. The standard InChI is InChI=1S/C23H27N5O4/c24-23-26-21-20(22(29)27-23)25-16-28(21)19(15-31-14-18-9-5-2-6-10-18)32-12-11-30-13-17-7-3-1-4-8-17/h1-10,19,25H,11-16H2,(H3,24,26,27,29). The van der Waals surface area contributed by atoms with E-state index in [2.05, 4.69) is 15.3 Å². The minimum Gasteiger partial charge on any atom is -0.374 e. The molecule has 1 aliphatic rings. The molecule has 0 radical (unpaired) electrons. The Balaban J connectivity index is 1.36. The molecule has 1 aromatic heterocycles. The van der Waals surface area contributed by atoms with E-state index in [1.54, 1.807) is 0 Å². The molecule has 0 aliphatic carbocycles. The van der Waals surface area contributed by atoms with Crippen molar-refractivity contribution in [3.05, 3.63) is 82.1 Å². The van der Waals surface area contributed by atoms with Gasteiger partial charge in [0, 0.05) is 0 Å². The molecule has 1 aliphatic heterocycles. The molecular weight excluding hydrogens is 410 g/mol. The predicted octanol–water partition coefficient (Wildman–Crippen LogP) is 2.32. The van der Waals surface area contributed by atoms with Crippen molar-refractivity contribution < 1.29 is 14.2 Å². The topological polar surface area (TPSA) is 115 Å². The maximum absolute atomic E-state index is 12.2. The van der Waals surface area contributed by atoms with Crippen LogP contribution < -0.4 is 21.5 Å². The first-order valence-corrected chi connectivity index (χ1v) is 10.5. The van der Waals surface area contributed by atoms with Crippen molar-refractivity contribution in [3.63, 3.8) is 0 Å². The molecule has 1 unspecified atom stereocenters. The van der Waals surface area contributed by atoms with Crippen LogP contribution in [0, 0.1) is 0 Å². The molecular formula is C23H27N5O4. The molecule has 0 fully saturated rings. The van der Waals surface area contributed by atoms with Crippen LogP contribution >= 0.6 is 0 Å². The van der Waals surface area contributed by atoms with E-state index in [4.69, 9.17) is 19.9 Å². The Kier molecular flexibility index (Phi) is 7.34. The van der Waals surface area contributed by atoms with Crippen molar-refractivity contribution in [1.29, 1.82) is 0 Å². The molecule has 0 saturated carbocycles. The Bertz CT molecular complexity index is 1050. The number of nitrogens with one attached hydrogen (secondary N) is 2. The fourth-order valence-electron chi connectivity index (χ4n) is 3.41. The summed E-state index contributed by atoms with van der Waals surface area (Å²) in [5, 5.41) is 3.05. The summed E-state index contributed by atoms with van der Waals surface area (Å²) in [5.41, 5.74) is 7.98. The first kappa shape index (κ1) is 21.8. The van der Waals surface area contributed by atoms with Crippen LogP contribution in [-0.4, -0.2) is 42.7 Å². The molecule has 0 amide bonds. The van der Waals surface area contributed by atoms with Gasteiger partial charge in [0.05, 0.1) is 39.7 Å². The number of benzene rings is 2. The zero-order valence-corrected chi connectivity index (χ0v) is 17.7. The number of nitrogen functional groups attached to an aromatic ring is 1. The molecule has 9 heteroatoms. The van der Waals surface area contributed by atoms with Crippen LogP contribution in [0.5, 0.6) is 0 Å². The summed E-state index contributed by atoms with van der Waals surface area (Å²) in [6, 6.07) is 19.9. The lowest BCUT2D eigenvalue weighted by atomic mass is 10.2. The number of H-pyrrole nitrogens is 1. The van der Waals surface area contributed by atoms with Crippen molar-refractivity contribution in [1.82, 2.24) is 9.97 Å². The Labute approximate surface area is 186 Å². The largest absolute Gasteiger partial charge is 0.374 e. The number of ether oxygens (including phenoxy) is 3. The van der Waals surface area contributed by atoms with E-state index in [0.29, 0.717) is 44.6 Å². The van der Waals surface area contributed by atoms with Crippen LogP contribution in [0.15, 0.2) is 65.5 Å². The average molecular weight is 438 g/mol. The summed E-state index contributed by atoms with van der Waals surface area (Å²) in [6.07, 6.45) is -0.471. The first-order chi connectivity index (χ1) is 15.7. The molecule has 4 rings (SSSR count). The van der Waals surface area contributed by atoms with Gasteiger partial charge in [0.1, 0.15) is 5.69 Å². The lowest BCUT2D eigenvalue weighted by Crippen LogP contribution is -2.41. The van der Waals surface area contributed by atoms with Gasteiger partial charge in [-0.2, -0.15) is 4.98 Å². The highest BCUT2D eigenvalue weighted by atomic mass is 16.6. The van der Waals surface area contributed by atoms with E-state index in [1.807, 2.05) is 65.6 Å². The second-order valence-corrected chi connectivity index (χ2v) is 7.32. The predicted molar refractivity (Wildman–Crippen MR) is 122 cm³/mol. The van der Waals surface area contributed by atoms with Gasteiger partial charge in [0.25, 0.3) is 5.56 Å². The number of hydrogen-bond donors (Lipinski definition) is 3. The third kappa shape index (κ3) is 5.64. The minimum atomic E-state index is -0.471. The summed E-state index contributed by atoms with van der Waals surface area (Å²) in [5.74, 6) is 0.502. The SMILES string of the molecule is Nc1nc2c(c(=O)[nH]1)NCN2C(COCc1ccccc1)OCCOCc1ccccc1. The molecule has 4 N–H and O–H groups in total. The van der Waals surface area contributed by atoms with Crippen molar-refractivity contribution in [2.24, 2.45) is 0 Å². The number of aromatic nitrogens is 2. The van der Waals surface area contributed by atoms with Crippen molar-refractivity contribution >= 4 is 17.5 Å². The van der Waals surface area contributed by atoms with E-state index in [1.165, 1.54) is 0 Å². The Hall–Kier alpha value is -3.40. The Morgan fingerprint density at radius 3 is 2.31 bits per heavy atom. The van der Waals surface area contributed by atoms with Crippen LogP contribution in [0.4, 0.5) is 17.5 Å². The number of nitrogens with two attached hydrogens (primary N) is 1. The summed E-state index contributed by atoms with van der Waals surface area (Å²) in [4.78, 5) is 20.8. The average Bonchev–Trinajstić information content (AvgIpc) is 3.23. The zero-order chi connectivity index (χ0) is 22.2. The number of rotatable bonds is 11. The Morgan fingerprint density at radius 2 is 1.62 bits per heavy atom. The number of aromatic amines is 1. The molecule has 2 aromatic carbocycles. The van der Waals surface area contributed by atoms with E-state index < -0.39 is 6.23 Å². The first-order valence-electron chi connectivity index (χ1n) is 10.5. The number of anilines is 3.